The maximum Gasteiger partial charge on any atom is 0.348 e. The molecule has 3 unspecified atom stereocenters. The Morgan fingerprint density at radius 1 is 0.667 bits per heavy atom. The van der Waals surface area contributed by atoms with Gasteiger partial charge >= 0.3 is 11.9 Å². The number of likely N-dealkylation sites (tertiary alicyclic amines) is 1. The van der Waals surface area contributed by atoms with Crippen LogP contribution >= 0.6 is 0 Å². The number of piperidine rings is 1. The van der Waals surface area contributed by atoms with Gasteiger partial charge in [-0.25, -0.2) is 9.59 Å². The molecule has 1 aliphatic heterocycles. The highest BCUT2D eigenvalue weighted by molar-refractivity contribution is 6.28. The molecule has 1 fully saturated rings. The lowest BCUT2D eigenvalue weighted by atomic mass is 9.73. The monoisotopic (exact) mass is 860 g/mol. The molecule has 5 aromatic carbocycles. The van der Waals surface area contributed by atoms with Crippen LogP contribution in [0.4, 0.5) is 0 Å². The number of carboxylic acids is 2. The first kappa shape index (κ1) is 49.1. The predicted molar refractivity (Wildman–Crippen MR) is 238 cm³/mol. The molecular weight excluding hydrogens is 805 g/mol. The first-order valence-electron chi connectivity index (χ1n) is 20.6. The van der Waals surface area contributed by atoms with Gasteiger partial charge in [0.1, 0.15) is 5.75 Å². The van der Waals surface area contributed by atoms with E-state index in [2.05, 4.69) is 60.0 Å². The number of likely N-dealkylation sites (N-methyl/N-ethyl adjacent to an activating group) is 1. The second kappa shape index (κ2) is 22.5. The zero-order chi connectivity index (χ0) is 44.9. The molecular formula is C50H56N2O11. The molecule has 6 N–H and O–H groups in total. The van der Waals surface area contributed by atoms with Gasteiger partial charge in [-0.15, -0.1) is 0 Å². The Bertz CT molecular complexity index is 2140. The molecule has 0 aliphatic carbocycles. The molecule has 0 radical (unpaired) electrons. The van der Waals surface area contributed by atoms with Crippen LogP contribution in [0, 0.1) is 5.92 Å². The topological polar surface area (TPSA) is 213 Å². The first-order chi connectivity index (χ1) is 29.8. The largest absolute Gasteiger partial charge is 0.497 e. The highest BCUT2D eigenvalue weighted by atomic mass is 16.5. The van der Waals surface area contributed by atoms with E-state index in [0.717, 1.165) is 86.6 Å². The Morgan fingerprint density at radius 3 is 1.43 bits per heavy atom. The standard InChI is InChI=1S/C32H40N2O2.C18H14O8.H2O/c1-4-33(25(2)23-26-15-17-30(36-3)18-16-26)24-27-19-21-34(22-20-27)32(35)31(28-11-7-5-8-12-28)29-13-9-6-10-14-29;19-13(11-7-3-1-4-8-11)17(25,15(21)22)18(26,16(23)24)14(20)12-9-5-2-6-10-12;/h5-18,25,27,31H,4,19-24H2,1-3H3;1-10,25-26H,(H,21,22)(H,23,24);1H2. The lowest BCUT2D eigenvalue weighted by molar-refractivity contribution is -0.187. The third-order valence-corrected chi connectivity index (χ3v) is 11.5. The highest BCUT2D eigenvalue weighted by Gasteiger charge is 2.69. The zero-order valence-electron chi connectivity index (χ0n) is 35.7. The summed E-state index contributed by atoms with van der Waals surface area (Å²) in [7, 11) is 1.71. The molecule has 6 rings (SSSR count). The third kappa shape index (κ3) is 11.3. The smallest absolute Gasteiger partial charge is 0.348 e. The summed E-state index contributed by atoms with van der Waals surface area (Å²) in [5.41, 5.74) is -5.20. The molecule has 5 aromatic rings. The van der Waals surface area contributed by atoms with Gasteiger partial charge < -0.3 is 40.4 Å². The molecule has 0 spiro atoms. The fourth-order valence-corrected chi connectivity index (χ4v) is 7.90. The van der Waals surface area contributed by atoms with Crippen molar-refractivity contribution in [3.63, 3.8) is 0 Å². The van der Waals surface area contributed by atoms with Crippen molar-refractivity contribution in [1.29, 1.82) is 0 Å². The van der Waals surface area contributed by atoms with Crippen LogP contribution in [0.3, 0.4) is 0 Å². The predicted octanol–water partition coefficient (Wildman–Crippen LogP) is 5.58. The van der Waals surface area contributed by atoms with Crippen molar-refractivity contribution in [2.75, 3.05) is 33.3 Å². The van der Waals surface area contributed by atoms with E-state index >= 15 is 0 Å². The fraction of sp³-hybridized carbons (Fsp3) is 0.300. The number of ether oxygens (including phenoxy) is 1. The lowest BCUT2D eigenvalue weighted by Gasteiger charge is -2.38. The van der Waals surface area contributed by atoms with E-state index in [4.69, 9.17) is 4.74 Å². The van der Waals surface area contributed by atoms with Crippen LogP contribution in [0.25, 0.3) is 0 Å². The molecule has 0 saturated carbocycles. The quantitative estimate of drug-likeness (QED) is 0.0670. The number of hydrogen-bond donors (Lipinski definition) is 4. The van der Waals surface area contributed by atoms with Crippen LogP contribution < -0.4 is 4.74 Å². The molecule has 13 heteroatoms. The lowest BCUT2D eigenvalue weighted by Crippen LogP contribution is -2.71. The molecule has 3 atom stereocenters. The number of aliphatic carboxylic acids is 2. The summed E-state index contributed by atoms with van der Waals surface area (Å²) in [5.74, 6) is -6.51. The van der Waals surface area contributed by atoms with Crippen LogP contribution in [-0.4, -0.2) is 116 Å². The summed E-state index contributed by atoms with van der Waals surface area (Å²) in [6.07, 6.45) is 3.16. The third-order valence-electron chi connectivity index (χ3n) is 11.5. The second-order valence-corrected chi connectivity index (χ2v) is 15.4. The maximum atomic E-state index is 13.7. The van der Waals surface area contributed by atoms with Gasteiger partial charge in [0.2, 0.25) is 17.5 Å². The van der Waals surface area contributed by atoms with E-state index in [1.807, 2.05) is 48.5 Å². The number of Topliss-reactive ketones (excluding diaryl/α,β-unsaturated/α-hetero) is 2. The van der Waals surface area contributed by atoms with Crippen molar-refractivity contribution >= 4 is 29.4 Å². The van der Waals surface area contributed by atoms with Crippen LogP contribution in [0.5, 0.6) is 5.75 Å². The number of methoxy groups -OCH3 is 1. The maximum absolute atomic E-state index is 13.7. The Balaban J connectivity index is 0.000000287. The Kier molecular flexibility index (Phi) is 17.6. The number of nitrogens with zero attached hydrogens (tertiary/aromatic N) is 2. The minimum atomic E-state index is -3.95. The van der Waals surface area contributed by atoms with E-state index in [-0.39, 0.29) is 17.3 Å². The molecule has 0 bridgehead atoms. The van der Waals surface area contributed by atoms with E-state index in [9.17, 15) is 44.4 Å². The van der Waals surface area contributed by atoms with E-state index in [1.165, 1.54) is 42.0 Å². The van der Waals surface area contributed by atoms with Crippen LogP contribution in [0.1, 0.15) is 70.0 Å². The van der Waals surface area contributed by atoms with Crippen molar-refractivity contribution < 1.29 is 54.6 Å². The van der Waals surface area contributed by atoms with Gasteiger partial charge in [0, 0.05) is 36.8 Å². The number of benzene rings is 5. The number of amides is 1. The average Bonchev–Trinajstić information content (AvgIpc) is 3.31. The number of carboxylic acid groups (broad SMARTS) is 2. The Hall–Kier alpha value is -6.51. The van der Waals surface area contributed by atoms with Gasteiger partial charge in [-0.3, -0.25) is 14.4 Å². The van der Waals surface area contributed by atoms with Gasteiger partial charge in [-0.2, -0.15) is 0 Å². The van der Waals surface area contributed by atoms with Gasteiger partial charge in [0.05, 0.1) is 13.0 Å². The summed E-state index contributed by atoms with van der Waals surface area (Å²) < 4.78 is 5.30. The molecule has 0 aromatic heterocycles. The molecule has 1 heterocycles. The number of aliphatic hydroxyl groups is 2. The minimum Gasteiger partial charge on any atom is -0.497 e. The molecule has 1 amide bonds. The normalized spacial score (nSPS) is 15.1. The number of carbonyl (C=O) groups excluding carboxylic acids is 3. The molecule has 63 heavy (non-hydrogen) atoms. The van der Waals surface area contributed by atoms with Crippen LogP contribution in [0.15, 0.2) is 146 Å². The van der Waals surface area contributed by atoms with E-state index < -0.39 is 45.8 Å². The summed E-state index contributed by atoms with van der Waals surface area (Å²) in [6.45, 7) is 8.40. The Morgan fingerprint density at radius 2 is 1.06 bits per heavy atom. The number of rotatable bonds is 17. The van der Waals surface area contributed by atoms with Crippen molar-refractivity contribution in [3.8, 4) is 5.75 Å². The SMILES string of the molecule is CCN(CC1CCN(C(=O)C(c2ccccc2)c2ccccc2)CC1)C(C)Cc1ccc(OC)cc1.O.O=C(O)C(O)(C(=O)c1ccccc1)C(O)(C(=O)O)C(=O)c1ccccc1. The molecule has 13 nitrogen and oxygen atoms in total. The van der Waals surface area contributed by atoms with Crippen molar-refractivity contribution in [2.45, 2.75) is 56.3 Å². The number of hydrogen-bond acceptors (Lipinski definition) is 9. The zero-order valence-corrected chi connectivity index (χ0v) is 35.7. The van der Waals surface area contributed by atoms with Gasteiger partial charge in [0.25, 0.3) is 11.2 Å². The van der Waals surface area contributed by atoms with E-state index in [0.29, 0.717) is 12.0 Å². The van der Waals surface area contributed by atoms with Crippen molar-refractivity contribution in [2.24, 2.45) is 5.92 Å². The number of ketones is 2. The van der Waals surface area contributed by atoms with Gasteiger partial charge in [-0.1, -0.05) is 140 Å². The second-order valence-electron chi connectivity index (χ2n) is 15.4. The van der Waals surface area contributed by atoms with Crippen molar-refractivity contribution in [1.82, 2.24) is 9.80 Å². The molecule has 1 saturated heterocycles. The van der Waals surface area contributed by atoms with Crippen LogP contribution in [-0.2, 0) is 20.8 Å². The first-order valence-corrected chi connectivity index (χ1v) is 20.6. The summed E-state index contributed by atoms with van der Waals surface area (Å²) >= 11 is 0. The Labute approximate surface area is 367 Å². The van der Waals surface area contributed by atoms with Crippen LogP contribution in [0.2, 0.25) is 0 Å². The minimum absolute atomic E-state index is 0. The van der Waals surface area contributed by atoms with Gasteiger partial charge in [-0.05, 0) is 67.5 Å². The van der Waals surface area contributed by atoms with Crippen molar-refractivity contribution in [3.05, 3.63) is 173 Å². The average molecular weight is 861 g/mol. The van der Waals surface area contributed by atoms with Gasteiger partial charge in [0.15, 0.2) is 0 Å². The van der Waals surface area contributed by atoms with E-state index in [1.54, 1.807) is 7.11 Å². The summed E-state index contributed by atoms with van der Waals surface area (Å²) in [6, 6.07) is 42.1. The summed E-state index contributed by atoms with van der Waals surface area (Å²) in [4.78, 5) is 67.0. The summed E-state index contributed by atoms with van der Waals surface area (Å²) in [5, 5.41) is 39.9. The highest BCUT2D eigenvalue weighted by Crippen LogP contribution is 2.33. The molecule has 1 aliphatic rings. The molecule has 332 valence electrons. The number of carbonyl (C=O) groups is 5. The fourth-order valence-electron chi connectivity index (χ4n) is 7.90.